The normalized spacial score (nSPS) is 13.1. The van der Waals surface area contributed by atoms with Gasteiger partial charge in [0.05, 0.1) is 6.61 Å². The minimum absolute atomic E-state index is 0.0133. The molecule has 0 spiro atoms. The zero-order valence-corrected chi connectivity index (χ0v) is 27.2. The molecule has 0 aliphatic heterocycles. The van der Waals surface area contributed by atoms with Crippen LogP contribution in [-0.2, 0) is 30.3 Å². The predicted molar refractivity (Wildman–Crippen MR) is 175 cm³/mol. The summed E-state index contributed by atoms with van der Waals surface area (Å²) in [6.45, 7) is 7.62. The quantitative estimate of drug-likeness (QED) is 0.0911. The molecule has 1 aromatic rings. The van der Waals surface area contributed by atoms with Gasteiger partial charge < -0.3 is 37.5 Å². The van der Waals surface area contributed by atoms with E-state index in [1.54, 1.807) is 0 Å². The van der Waals surface area contributed by atoms with Crippen molar-refractivity contribution < 1.29 is 23.9 Å². The molecule has 44 heavy (non-hydrogen) atoms. The zero-order chi connectivity index (χ0) is 32.6. The van der Waals surface area contributed by atoms with E-state index in [9.17, 15) is 19.2 Å². The summed E-state index contributed by atoms with van der Waals surface area (Å²) in [5.74, 6) is -1.48. The average molecular weight is 619 g/mol. The first-order valence-corrected chi connectivity index (χ1v) is 16.4. The summed E-state index contributed by atoms with van der Waals surface area (Å²) in [5, 5.41) is 11.2. The lowest BCUT2D eigenvalue weighted by Gasteiger charge is -2.26. The van der Waals surface area contributed by atoms with E-state index >= 15 is 0 Å². The van der Waals surface area contributed by atoms with Crippen molar-refractivity contribution in [1.82, 2.24) is 21.3 Å². The van der Waals surface area contributed by atoms with Crippen LogP contribution in [0.3, 0.4) is 0 Å². The van der Waals surface area contributed by atoms with Crippen LogP contribution in [0.4, 0.5) is 0 Å². The van der Waals surface area contributed by atoms with Gasteiger partial charge in [-0.15, -0.1) is 0 Å². The summed E-state index contributed by atoms with van der Waals surface area (Å²) in [6, 6.07) is 6.56. The SMILES string of the molecule is CCCCCCCCOC[C@H](NC(=O)CCCCN)C(=O)N[C@@H](Cc1ccccc1)C(=O)N[C@@H](CC(C)C)C(=O)NCCN. The van der Waals surface area contributed by atoms with Crippen molar-refractivity contribution >= 4 is 23.6 Å². The minimum atomic E-state index is -0.989. The molecule has 250 valence electrons. The molecular formula is C33H58N6O5. The van der Waals surface area contributed by atoms with E-state index in [0.717, 1.165) is 24.8 Å². The lowest BCUT2D eigenvalue weighted by molar-refractivity contribution is -0.134. The van der Waals surface area contributed by atoms with Crippen molar-refractivity contribution in [3.8, 4) is 0 Å². The molecule has 0 saturated carbocycles. The number of amides is 4. The van der Waals surface area contributed by atoms with Crippen molar-refractivity contribution in [1.29, 1.82) is 0 Å². The number of hydrogen-bond acceptors (Lipinski definition) is 7. The molecule has 0 bridgehead atoms. The molecule has 11 heteroatoms. The highest BCUT2D eigenvalue weighted by Gasteiger charge is 2.30. The molecule has 3 atom stereocenters. The van der Waals surface area contributed by atoms with Crippen LogP contribution in [0.5, 0.6) is 0 Å². The third-order valence-electron chi connectivity index (χ3n) is 7.14. The predicted octanol–water partition coefficient (Wildman–Crippen LogP) is 2.31. The van der Waals surface area contributed by atoms with Crippen molar-refractivity contribution in [3.63, 3.8) is 0 Å². The third-order valence-corrected chi connectivity index (χ3v) is 7.14. The minimum Gasteiger partial charge on any atom is -0.379 e. The second-order valence-corrected chi connectivity index (χ2v) is 11.7. The van der Waals surface area contributed by atoms with Gasteiger partial charge in [0.2, 0.25) is 23.6 Å². The van der Waals surface area contributed by atoms with Gasteiger partial charge in [0.15, 0.2) is 0 Å². The molecule has 0 saturated heterocycles. The molecular weight excluding hydrogens is 560 g/mol. The van der Waals surface area contributed by atoms with Crippen LogP contribution < -0.4 is 32.7 Å². The smallest absolute Gasteiger partial charge is 0.245 e. The lowest BCUT2D eigenvalue weighted by Crippen LogP contribution is -2.58. The number of carbonyl (C=O) groups excluding carboxylic acids is 4. The Morgan fingerprint density at radius 3 is 2.07 bits per heavy atom. The maximum Gasteiger partial charge on any atom is 0.245 e. The molecule has 0 unspecified atom stereocenters. The first kappa shape index (κ1) is 39.0. The summed E-state index contributed by atoms with van der Waals surface area (Å²) in [7, 11) is 0. The van der Waals surface area contributed by atoms with Crippen molar-refractivity contribution in [2.45, 2.75) is 110 Å². The average Bonchev–Trinajstić information content (AvgIpc) is 3.00. The van der Waals surface area contributed by atoms with E-state index in [2.05, 4.69) is 28.2 Å². The van der Waals surface area contributed by atoms with Crippen LogP contribution in [0.2, 0.25) is 0 Å². The van der Waals surface area contributed by atoms with Crippen LogP contribution in [0.15, 0.2) is 30.3 Å². The van der Waals surface area contributed by atoms with Crippen molar-refractivity contribution in [2.75, 3.05) is 32.8 Å². The van der Waals surface area contributed by atoms with Gasteiger partial charge in [-0.05, 0) is 43.7 Å². The Bertz CT molecular complexity index is 946. The Hall–Kier alpha value is -3.02. The number of carbonyl (C=O) groups is 4. The zero-order valence-electron chi connectivity index (χ0n) is 27.2. The Labute approximate surface area is 264 Å². The summed E-state index contributed by atoms with van der Waals surface area (Å²) in [6.07, 6.45) is 8.80. The van der Waals surface area contributed by atoms with Gasteiger partial charge >= 0.3 is 0 Å². The van der Waals surface area contributed by atoms with Gasteiger partial charge in [-0.3, -0.25) is 19.2 Å². The maximum atomic E-state index is 13.6. The number of nitrogens with one attached hydrogen (secondary N) is 4. The van der Waals surface area contributed by atoms with Crippen LogP contribution in [0, 0.1) is 5.92 Å². The highest BCUT2D eigenvalue weighted by Crippen LogP contribution is 2.09. The second-order valence-electron chi connectivity index (χ2n) is 11.7. The van der Waals surface area contributed by atoms with Gasteiger partial charge in [-0.1, -0.05) is 83.2 Å². The fourth-order valence-electron chi connectivity index (χ4n) is 4.69. The molecule has 0 heterocycles. The van der Waals surface area contributed by atoms with Crippen molar-refractivity contribution in [3.05, 3.63) is 35.9 Å². The van der Waals surface area contributed by atoms with E-state index in [4.69, 9.17) is 16.2 Å². The highest BCUT2D eigenvalue weighted by atomic mass is 16.5. The first-order valence-electron chi connectivity index (χ1n) is 16.4. The van der Waals surface area contributed by atoms with E-state index in [0.29, 0.717) is 39.0 Å². The molecule has 0 aromatic heterocycles. The standard InChI is InChI=1S/C33H58N6O5/c1-4-5-6-7-8-14-21-44-24-29(37-30(40)17-12-13-18-34)33(43)39-28(23-26-15-10-9-11-16-26)32(42)38-27(22-25(2)3)31(41)36-20-19-35/h9-11,15-16,25,27-29H,4-8,12-14,17-24,34-35H2,1-3H3,(H,36,41)(H,37,40)(H,38,42)(H,39,43)/t27-,28-,29-/m0/s1. The Balaban J connectivity index is 3.04. The highest BCUT2D eigenvalue weighted by molar-refractivity contribution is 5.94. The maximum absolute atomic E-state index is 13.6. The fraction of sp³-hybridized carbons (Fsp3) is 0.697. The number of ether oxygens (including phenoxy) is 1. The van der Waals surface area contributed by atoms with Gasteiger partial charge in [0.1, 0.15) is 18.1 Å². The molecule has 0 aliphatic carbocycles. The number of benzene rings is 1. The molecule has 0 aliphatic rings. The Kier molecular flexibility index (Phi) is 21.6. The Morgan fingerprint density at radius 2 is 1.41 bits per heavy atom. The van der Waals surface area contributed by atoms with Gasteiger partial charge in [0, 0.05) is 32.5 Å². The number of hydrogen-bond donors (Lipinski definition) is 6. The molecule has 0 fully saturated rings. The topological polar surface area (TPSA) is 178 Å². The summed E-state index contributed by atoms with van der Waals surface area (Å²) in [5.41, 5.74) is 11.9. The van der Waals surface area contributed by atoms with E-state index in [1.165, 1.54) is 19.3 Å². The van der Waals surface area contributed by atoms with Crippen LogP contribution in [-0.4, -0.2) is 74.6 Å². The number of nitrogens with two attached hydrogens (primary N) is 2. The molecule has 0 radical (unpaired) electrons. The van der Waals surface area contributed by atoms with Crippen LogP contribution in [0.25, 0.3) is 0 Å². The van der Waals surface area contributed by atoms with Gasteiger partial charge in [0.25, 0.3) is 0 Å². The largest absolute Gasteiger partial charge is 0.379 e. The molecule has 1 rings (SSSR count). The van der Waals surface area contributed by atoms with Crippen molar-refractivity contribution in [2.24, 2.45) is 17.4 Å². The van der Waals surface area contributed by atoms with E-state index in [1.807, 2.05) is 44.2 Å². The van der Waals surface area contributed by atoms with Crippen LogP contribution >= 0.6 is 0 Å². The summed E-state index contributed by atoms with van der Waals surface area (Å²) < 4.78 is 5.83. The Morgan fingerprint density at radius 1 is 0.750 bits per heavy atom. The monoisotopic (exact) mass is 618 g/mol. The number of unbranched alkanes of at least 4 members (excludes halogenated alkanes) is 6. The summed E-state index contributed by atoms with van der Waals surface area (Å²) in [4.78, 5) is 52.7. The lowest BCUT2D eigenvalue weighted by atomic mass is 10.0. The molecule has 11 nitrogen and oxygen atoms in total. The van der Waals surface area contributed by atoms with E-state index in [-0.39, 0.29) is 43.7 Å². The first-order chi connectivity index (χ1) is 21.2. The molecule has 4 amide bonds. The van der Waals surface area contributed by atoms with Gasteiger partial charge in [-0.25, -0.2) is 0 Å². The fourth-order valence-corrected chi connectivity index (χ4v) is 4.69. The third kappa shape index (κ3) is 17.9. The number of rotatable bonds is 25. The van der Waals surface area contributed by atoms with E-state index < -0.39 is 29.9 Å². The molecule has 1 aromatic carbocycles. The molecule has 8 N–H and O–H groups in total. The summed E-state index contributed by atoms with van der Waals surface area (Å²) >= 11 is 0. The van der Waals surface area contributed by atoms with Crippen LogP contribution in [0.1, 0.15) is 90.5 Å². The van der Waals surface area contributed by atoms with Gasteiger partial charge in [-0.2, -0.15) is 0 Å². The second kappa shape index (κ2) is 24.3.